The van der Waals surface area contributed by atoms with Gasteiger partial charge in [0.25, 0.3) is 5.91 Å². The lowest BCUT2D eigenvalue weighted by atomic mass is 9.74. The second-order valence-corrected chi connectivity index (χ2v) is 9.61. The lowest BCUT2D eigenvalue weighted by Crippen LogP contribution is -2.57. The van der Waals surface area contributed by atoms with Gasteiger partial charge in [-0.3, -0.25) is 15.0 Å². The van der Waals surface area contributed by atoms with Gasteiger partial charge in [-0.15, -0.1) is 0 Å². The zero-order chi connectivity index (χ0) is 23.5. The van der Waals surface area contributed by atoms with Gasteiger partial charge in [-0.1, -0.05) is 72.8 Å². The number of urea groups is 1. The van der Waals surface area contributed by atoms with Gasteiger partial charge in [0.1, 0.15) is 5.54 Å². The summed E-state index contributed by atoms with van der Waals surface area (Å²) >= 11 is 0. The third kappa shape index (κ3) is 4.48. The third-order valence-corrected chi connectivity index (χ3v) is 7.37. The predicted octanol–water partition coefficient (Wildman–Crippen LogP) is 4.69. The molecule has 5 rings (SSSR count). The number of hydrogen-bond acceptors (Lipinski definition) is 3. The number of piperidine rings is 1. The van der Waals surface area contributed by atoms with E-state index < -0.39 is 5.54 Å². The molecule has 5 nitrogen and oxygen atoms in total. The molecule has 2 aliphatic rings. The number of carbonyl (C=O) groups excluding carboxylic acids is 2. The van der Waals surface area contributed by atoms with Gasteiger partial charge in [-0.05, 0) is 72.7 Å². The largest absolute Gasteiger partial charge is 0.323 e. The smallest absolute Gasteiger partial charge is 0.322 e. The van der Waals surface area contributed by atoms with Crippen molar-refractivity contribution in [3.63, 3.8) is 0 Å². The molecule has 34 heavy (non-hydrogen) atoms. The number of carbonyl (C=O) groups is 2. The molecule has 3 aromatic carbocycles. The fraction of sp³-hybridized carbons (Fsp3) is 0.310. The molecule has 0 bridgehead atoms. The van der Waals surface area contributed by atoms with Gasteiger partial charge in [0.2, 0.25) is 0 Å². The molecule has 1 atom stereocenters. The van der Waals surface area contributed by atoms with E-state index in [-0.39, 0.29) is 17.9 Å². The van der Waals surface area contributed by atoms with E-state index in [1.807, 2.05) is 30.3 Å². The van der Waals surface area contributed by atoms with Crippen LogP contribution >= 0.6 is 0 Å². The summed E-state index contributed by atoms with van der Waals surface area (Å²) in [6.07, 6.45) is 2.27. The van der Waals surface area contributed by atoms with Gasteiger partial charge in [-0.25, -0.2) is 4.79 Å². The quantitative estimate of drug-likeness (QED) is 0.532. The van der Waals surface area contributed by atoms with E-state index in [1.54, 1.807) is 0 Å². The minimum atomic E-state index is -0.866. The maximum Gasteiger partial charge on any atom is 0.322 e. The molecule has 2 heterocycles. The fourth-order valence-corrected chi connectivity index (χ4v) is 5.56. The second kappa shape index (κ2) is 9.43. The van der Waals surface area contributed by atoms with E-state index in [4.69, 9.17) is 0 Å². The lowest BCUT2D eigenvalue weighted by Gasteiger charge is -2.40. The number of nitrogens with zero attached hydrogens (tertiary/aromatic N) is 1. The second-order valence-electron chi connectivity index (χ2n) is 9.61. The topological polar surface area (TPSA) is 61.4 Å². The van der Waals surface area contributed by atoms with Crippen LogP contribution in [-0.4, -0.2) is 35.5 Å². The molecule has 0 aromatic heterocycles. The molecule has 1 unspecified atom stereocenters. The molecule has 3 amide bonds. The van der Waals surface area contributed by atoms with Gasteiger partial charge in [0, 0.05) is 13.0 Å². The van der Waals surface area contributed by atoms with Gasteiger partial charge >= 0.3 is 6.03 Å². The molecule has 3 aromatic rings. The molecule has 2 aliphatic heterocycles. The average Bonchev–Trinajstić information content (AvgIpc) is 3.14. The monoisotopic (exact) mass is 453 g/mol. The maximum absolute atomic E-state index is 13.0. The average molecular weight is 454 g/mol. The first kappa shape index (κ1) is 22.4. The number of rotatable bonds is 6. The molecule has 0 aliphatic carbocycles. The molecule has 0 saturated carbocycles. The Hall–Kier alpha value is -3.44. The first-order chi connectivity index (χ1) is 16.5. The molecule has 2 N–H and O–H groups in total. The van der Waals surface area contributed by atoms with Gasteiger partial charge in [0.05, 0.1) is 0 Å². The highest BCUT2D eigenvalue weighted by molar-refractivity contribution is 6.07. The number of nitrogens with one attached hydrogen (secondary N) is 2. The highest BCUT2D eigenvalue weighted by Gasteiger charge is 2.52. The van der Waals surface area contributed by atoms with Crippen molar-refractivity contribution in [2.75, 3.05) is 13.1 Å². The third-order valence-electron chi connectivity index (χ3n) is 7.37. The van der Waals surface area contributed by atoms with E-state index in [1.165, 1.54) is 22.3 Å². The van der Waals surface area contributed by atoms with Crippen molar-refractivity contribution >= 4 is 11.9 Å². The molecule has 174 valence electrons. The zero-order valence-corrected chi connectivity index (χ0v) is 19.6. The molecular formula is C29H31N3O2. The number of aryl methyl sites for hydroxylation is 1. The molecule has 5 heteroatoms. The Balaban J connectivity index is 1.28. The number of hydrogen-bond donors (Lipinski definition) is 2. The van der Waals surface area contributed by atoms with Crippen LogP contribution in [0.1, 0.15) is 29.5 Å². The van der Waals surface area contributed by atoms with E-state index in [0.717, 1.165) is 38.0 Å². The molecule has 0 spiro atoms. The predicted molar refractivity (Wildman–Crippen MR) is 134 cm³/mol. The van der Waals surface area contributed by atoms with Crippen LogP contribution in [0.4, 0.5) is 4.79 Å². The van der Waals surface area contributed by atoms with Crippen LogP contribution in [0.15, 0.2) is 78.9 Å². The molecule has 2 fully saturated rings. The Bertz CT molecular complexity index is 1180. The van der Waals surface area contributed by atoms with Crippen molar-refractivity contribution in [3.8, 4) is 11.1 Å². The summed E-state index contributed by atoms with van der Waals surface area (Å²) in [7, 11) is 0. The Morgan fingerprint density at radius 1 is 0.882 bits per heavy atom. The minimum absolute atomic E-state index is 0.105. The summed E-state index contributed by atoms with van der Waals surface area (Å²) in [6.45, 7) is 4.84. The van der Waals surface area contributed by atoms with Crippen molar-refractivity contribution in [1.29, 1.82) is 0 Å². The van der Waals surface area contributed by atoms with Crippen LogP contribution in [0.3, 0.4) is 0 Å². The van der Waals surface area contributed by atoms with E-state index in [0.29, 0.717) is 6.42 Å². The Morgan fingerprint density at radius 2 is 1.59 bits per heavy atom. The van der Waals surface area contributed by atoms with Crippen LogP contribution in [0.5, 0.6) is 0 Å². The highest BCUT2D eigenvalue weighted by atomic mass is 16.2. The van der Waals surface area contributed by atoms with Crippen molar-refractivity contribution in [3.05, 3.63) is 95.6 Å². The van der Waals surface area contributed by atoms with Gasteiger partial charge in [0.15, 0.2) is 0 Å². The Morgan fingerprint density at radius 3 is 2.29 bits per heavy atom. The first-order valence-electron chi connectivity index (χ1n) is 12.1. The Kier molecular flexibility index (Phi) is 6.20. The summed E-state index contributed by atoms with van der Waals surface area (Å²) in [5, 5.41) is 5.51. The van der Waals surface area contributed by atoms with Gasteiger partial charge in [-0.2, -0.15) is 0 Å². The maximum atomic E-state index is 13.0. The fourth-order valence-electron chi connectivity index (χ4n) is 5.56. The summed E-state index contributed by atoms with van der Waals surface area (Å²) in [4.78, 5) is 27.6. The minimum Gasteiger partial charge on any atom is -0.323 e. The standard InChI is InChI=1S/C29H31N3O2/c1-21-8-5-6-13-26(21)24-12-7-11-23(18-24)20-32-16-14-25(15-17-32)29(27(33)30-28(34)31-29)19-22-9-3-2-4-10-22/h2-13,18,25H,14-17,19-20H2,1H3,(H2,30,31,33,34). The van der Waals surface area contributed by atoms with Crippen molar-refractivity contribution in [2.24, 2.45) is 5.92 Å². The SMILES string of the molecule is Cc1ccccc1-c1cccc(CN2CCC(C3(Cc4ccccc4)NC(=O)NC3=O)CC2)c1. The summed E-state index contributed by atoms with van der Waals surface area (Å²) in [5.74, 6) is -0.0838. The van der Waals surface area contributed by atoms with Crippen molar-refractivity contribution in [2.45, 2.75) is 38.3 Å². The summed E-state index contributed by atoms with van der Waals surface area (Å²) < 4.78 is 0. The molecule has 0 radical (unpaired) electrons. The summed E-state index contributed by atoms with van der Waals surface area (Å²) in [6, 6.07) is 26.9. The number of imide groups is 1. The van der Waals surface area contributed by atoms with E-state index in [2.05, 4.69) is 71.0 Å². The lowest BCUT2D eigenvalue weighted by molar-refractivity contribution is -0.126. The van der Waals surface area contributed by atoms with Crippen LogP contribution in [0.25, 0.3) is 11.1 Å². The van der Waals surface area contributed by atoms with Crippen molar-refractivity contribution < 1.29 is 9.59 Å². The van der Waals surface area contributed by atoms with Crippen LogP contribution in [0.2, 0.25) is 0 Å². The van der Waals surface area contributed by atoms with Crippen LogP contribution < -0.4 is 10.6 Å². The highest BCUT2D eigenvalue weighted by Crippen LogP contribution is 2.34. The van der Waals surface area contributed by atoms with Crippen LogP contribution in [0, 0.1) is 12.8 Å². The zero-order valence-electron chi connectivity index (χ0n) is 19.6. The Labute approximate surface area is 201 Å². The molecule has 2 saturated heterocycles. The summed E-state index contributed by atoms with van der Waals surface area (Å²) in [5.41, 5.74) is 5.29. The number of amides is 3. The van der Waals surface area contributed by atoms with Crippen LogP contribution in [-0.2, 0) is 17.8 Å². The van der Waals surface area contributed by atoms with E-state index in [9.17, 15) is 9.59 Å². The number of likely N-dealkylation sites (tertiary alicyclic amines) is 1. The number of benzene rings is 3. The van der Waals surface area contributed by atoms with Gasteiger partial charge < -0.3 is 5.32 Å². The first-order valence-corrected chi connectivity index (χ1v) is 12.1. The van der Waals surface area contributed by atoms with Crippen molar-refractivity contribution in [1.82, 2.24) is 15.5 Å². The van der Waals surface area contributed by atoms with E-state index >= 15 is 0 Å². The molecular weight excluding hydrogens is 422 g/mol. The normalized spacial score (nSPS) is 21.3.